The minimum absolute atomic E-state index is 0.291. The Morgan fingerprint density at radius 1 is 1.47 bits per heavy atom. The summed E-state index contributed by atoms with van der Waals surface area (Å²) < 4.78 is 5.49. The van der Waals surface area contributed by atoms with Crippen LogP contribution >= 0.6 is 11.6 Å². The number of hydrogen-bond donors (Lipinski definition) is 1. The van der Waals surface area contributed by atoms with Gasteiger partial charge in [-0.25, -0.2) is 0 Å². The van der Waals surface area contributed by atoms with Crippen molar-refractivity contribution in [3.63, 3.8) is 0 Å². The fraction of sp³-hybridized carbons (Fsp3) is 0.222. The first-order chi connectivity index (χ1) is 7.25. The van der Waals surface area contributed by atoms with Gasteiger partial charge in [0.1, 0.15) is 5.75 Å². The number of aromatic amines is 1. The Hall–Kier alpha value is -1.62. The van der Waals surface area contributed by atoms with Gasteiger partial charge >= 0.3 is 0 Å². The standard InChI is InChI=1S/C9H9ClN4O/c1-6-4-7(10)2-3-8(6)15-5-9-11-13-14-12-9/h2-4H,5H2,1H3,(H,11,12,13,14). The van der Waals surface area contributed by atoms with Gasteiger partial charge in [-0.3, -0.25) is 0 Å². The number of nitrogens with one attached hydrogen (secondary N) is 1. The molecule has 1 heterocycles. The van der Waals surface area contributed by atoms with Crippen LogP contribution in [0, 0.1) is 6.92 Å². The van der Waals surface area contributed by atoms with Gasteiger partial charge in [-0.15, -0.1) is 10.2 Å². The Balaban J connectivity index is 2.05. The molecule has 0 unspecified atom stereocenters. The van der Waals surface area contributed by atoms with Crippen LogP contribution in [0.2, 0.25) is 5.02 Å². The molecule has 6 heteroatoms. The molecule has 1 aromatic carbocycles. The summed E-state index contributed by atoms with van der Waals surface area (Å²) in [6, 6.07) is 5.44. The van der Waals surface area contributed by atoms with Crippen LogP contribution in [0.1, 0.15) is 11.4 Å². The minimum Gasteiger partial charge on any atom is -0.485 e. The van der Waals surface area contributed by atoms with E-state index in [0.717, 1.165) is 11.3 Å². The number of benzene rings is 1. The highest BCUT2D eigenvalue weighted by atomic mass is 35.5. The van der Waals surface area contributed by atoms with Crippen LogP contribution in [-0.2, 0) is 6.61 Å². The van der Waals surface area contributed by atoms with Gasteiger partial charge in [-0.1, -0.05) is 16.8 Å². The van der Waals surface area contributed by atoms with Crippen LogP contribution < -0.4 is 4.74 Å². The number of ether oxygens (including phenoxy) is 1. The van der Waals surface area contributed by atoms with Crippen molar-refractivity contribution in [2.45, 2.75) is 13.5 Å². The molecule has 5 nitrogen and oxygen atoms in total. The smallest absolute Gasteiger partial charge is 0.211 e. The first-order valence-corrected chi connectivity index (χ1v) is 4.75. The lowest BCUT2D eigenvalue weighted by atomic mass is 10.2. The topological polar surface area (TPSA) is 63.7 Å². The molecule has 0 aliphatic heterocycles. The van der Waals surface area contributed by atoms with Gasteiger partial charge < -0.3 is 4.74 Å². The van der Waals surface area contributed by atoms with Gasteiger partial charge in [0.2, 0.25) is 5.82 Å². The molecule has 0 aliphatic carbocycles. The lowest BCUT2D eigenvalue weighted by Crippen LogP contribution is -1.99. The predicted octanol–water partition coefficient (Wildman–Crippen LogP) is 1.74. The molecule has 0 saturated heterocycles. The number of aromatic nitrogens is 4. The normalized spacial score (nSPS) is 10.3. The number of halogens is 1. The Labute approximate surface area is 91.4 Å². The van der Waals surface area contributed by atoms with Crippen LogP contribution in [0.4, 0.5) is 0 Å². The number of tetrazole rings is 1. The SMILES string of the molecule is Cc1cc(Cl)ccc1OCc1nn[nH]n1. The maximum absolute atomic E-state index is 5.82. The predicted molar refractivity (Wildman–Crippen MR) is 54.7 cm³/mol. The molecule has 1 aromatic heterocycles. The van der Waals surface area contributed by atoms with Gasteiger partial charge in [0.15, 0.2) is 6.61 Å². The second-order valence-electron chi connectivity index (χ2n) is 3.03. The number of hydrogen-bond acceptors (Lipinski definition) is 4. The first-order valence-electron chi connectivity index (χ1n) is 4.37. The monoisotopic (exact) mass is 224 g/mol. The van der Waals surface area contributed by atoms with E-state index in [-0.39, 0.29) is 0 Å². The fourth-order valence-corrected chi connectivity index (χ4v) is 1.39. The van der Waals surface area contributed by atoms with E-state index < -0.39 is 0 Å². The van der Waals surface area contributed by atoms with E-state index in [0.29, 0.717) is 17.5 Å². The summed E-state index contributed by atoms with van der Waals surface area (Å²) >= 11 is 5.82. The maximum atomic E-state index is 5.82. The number of rotatable bonds is 3. The van der Waals surface area contributed by atoms with Crippen molar-refractivity contribution in [1.82, 2.24) is 20.6 Å². The molecule has 0 spiro atoms. The summed E-state index contributed by atoms with van der Waals surface area (Å²) in [4.78, 5) is 0. The zero-order valence-corrected chi connectivity index (χ0v) is 8.82. The molecule has 0 bridgehead atoms. The zero-order chi connectivity index (χ0) is 10.7. The number of nitrogens with zero attached hydrogens (tertiary/aromatic N) is 3. The first kappa shape index (κ1) is 9.92. The van der Waals surface area contributed by atoms with Crippen molar-refractivity contribution in [2.24, 2.45) is 0 Å². The van der Waals surface area contributed by atoms with Crippen molar-refractivity contribution < 1.29 is 4.74 Å². The Kier molecular flexibility index (Phi) is 2.82. The molecule has 0 radical (unpaired) electrons. The lowest BCUT2D eigenvalue weighted by Gasteiger charge is -2.06. The van der Waals surface area contributed by atoms with Gasteiger partial charge in [-0.2, -0.15) is 5.21 Å². The zero-order valence-electron chi connectivity index (χ0n) is 8.07. The van der Waals surface area contributed by atoms with Crippen molar-refractivity contribution >= 4 is 11.6 Å². The molecular weight excluding hydrogens is 216 g/mol. The molecule has 0 fully saturated rings. The highest BCUT2D eigenvalue weighted by Crippen LogP contribution is 2.22. The van der Waals surface area contributed by atoms with E-state index in [1.54, 1.807) is 6.07 Å². The van der Waals surface area contributed by atoms with E-state index in [1.807, 2.05) is 19.1 Å². The average Bonchev–Trinajstić information content (AvgIpc) is 2.69. The Morgan fingerprint density at radius 3 is 3.00 bits per heavy atom. The van der Waals surface area contributed by atoms with Crippen molar-refractivity contribution in [1.29, 1.82) is 0 Å². The fourth-order valence-electron chi connectivity index (χ4n) is 1.16. The molecule has 1 N–H and O–H groups in total. The molecule has 0 amide bonds. The summed E-state index contributed by atoms with van der Waals surface area (Å²) in [6.45, 7) is 2.22. The van der Waals surface area contributed by atoms with Gasteiger partial charge in [-0.05, 0) is 30.7 Å². The molecule has 2 rings (SSSR count). The van der Waals surface area contributed by atoms with Crippen molar-refractivity contribution in [3.05, 3.63) is 34.6 Å². The third-order valence-corrected chi connectivity index (χ3v) is 2.12. The van der Waals surface area contributed by atoms with Gasteiger partial charge in [0, 0.05) is 5.02 Å². The summed E-state index contributed by atoms with van der Waals surface area (Å²) in [5.41, 5.74) is 0.978. The van der Waals surface area contributed by atoms with Crippen LogP contribution in [-0.4, -0.2) is 20.6 Å². The molecule has 2 aromatic rings. The molecule has 15 heavy (non-hydrogen) atoms. The van der Waals surface area contributed by atoms with Crippen molar-refractivity contribution in [2.75, 3.05) is 0 Å². The second kappa shape index (κ2) is 4.27. The molecule has 0 aliphatic rings. The summed E-state index contributed by atoms with van der Waals surface area (Å²) in [6.07, 6.45) is 0. The van der Waals surface area contributed by atoms with Crippen LogP contribution in [0.5, 0.6) is 5.75 Å². The highest BCUT2D eigenvalue weighted by Gasteiger charge is 2.03. The Morgan fingerprint density at radius 2 is 2.33 bits per heavy atom. The summed E-state index contributed by atoms with van der Waals surface area (Å²) in [5, 5.41) is 14.0. The van der Waals surface area contributed by atoms with Crippen molar-refractivity contribution in [3.8, 4) is 5.75 Å². The maximum Gasteiger partial charge on any atom is 0.211 e. The average molecular weight is 225 g/mol. The van der Waals surface area contributed by atoms with E-state index in [9.17, 15) is 0 Å². The van der Waals surface area contributed by atoms with Crippen LogP contribution in [0.25, 0.3) is 0 Å². The van der Waals surface area contributed by atoms with E-state index in [1.165, 1.54) is 0 Å². The molecule has 0 atom stereocenters. The van der Waals surface area contributed by atoms with Gasteiger partial charge in [0.25, 0.3) is 0 Å². The summed E-state index contributed by atoms with van der Waals surface area (Å²) in [7, 11) is 0. The van der Waals surface area contributed by atoms with Crippen LogP contribution in [0.15, 0.2) is 18.2 Å². The lowest BCUT2D eigenvalue weighted by molar-refractivity contribution is 0.294. The van der Waals surface area contributed by atoms with E-state index in [2.05, 4.69) is 20.6 Å². The highest BCUT2D eigenvalue weighted by molar-refractivity contribution is 6.30. The molecule has 78 valence electrons. The number of aryl methyl sites for hydroxylation is 1. The third-order valence-electron chi connectivity index (χ3n) is 1.88. The largest absolute Gasteiger partial charge is 0.485 e. The minimum atomic E-state index is 0.291. The van der Waals surface area contributed by atoms with E-state index >= 15 is 0 Å². The van der Waals surface area contributed by atoms with E-state index in [4.69, 9.17) is 16.3 Å². The Bertz CT molecular complexity index is 443. The molecular formula is C9H9ClN4O. The summed E-state index contributed by atoms with van der Waals surface area (Å²) in [5.74, 6) is 1.29. The third kappa shape index (κ3) is 2.44. The second-order valence-corrected chi connectivity index (χ2v) is 3.46. The number of H-pyrrole nitrogens is 1. The van der Waals surface area contributed by atoms with Gasteiger partial charge in [0.05, 0.1) is 0 Å². The quantitative estimate of drug-likeness (QED) is 0.863. The molecule has 0 saturated carbocycles. The van der Waals surface area contributed by atoms with Crippen LogP contribution in [0.3, 0.4) is 0 Å².